The number of hydrogen-bond donors (Lipinski definition) is 0. The maximum atomic E-state index is 13.2. The minimum Gasteiger partial charge on any atom is -0.462 e. The van der Waals surface area contributed by atoms with Gasteiger partial charge < -0.3 is 14.2 Å². The molecule has 176 valence electrons. The van der Waals surface area contributed by atoms with E-state index in [0.29, 0.717) is 18.7 Å². The van der Waals surface area contributed by atoms with Gasteiger partial charge >= 0.3 is 5.97 Å². The SMILES string of the molecule is CCOC(=O)c1c(-n2c(C)cc(/C=C3/C(=O)N(CC)c4ccccc43)c2C)sc2c1CCCC2. The van der Waals surface area contributed by atoms with Crippen molar-refractivity contribution < 1.29 is 14.3 Å². The summed E-state index contributed by atoms with van der Waals surface area (Å²) in [5.74, 6) is -0.199. The molecule has 0 N–H and O–H groups in total. The van der Waals surface area contributed by atoms with E-state index in [-0.39, 0.29) is 11.9 Å². The number of benzene rings is 1. The molecular formula is C28H30N2O3S. The van der Waals surface area contributed by atoms with Crippen LogP contribution in [0.1, 0.15) is 70.0 Å². The Hall–Kier alpha value is -3.12. The number of carbonyl (C=O) groups is 2. The third-order valence-corrected chi connectivity index (χ3v) is 8.16. The Balaban J connectivity index is 1.64. The van der Waals surface area contributed by atoms with Crippen molar-refractivity contribution in [2.45, 2.75) is 53.4 Å². The fourth-order valence-corrected chi connectivity index (χ4v) is 6.77. The number of nitrogens with zero attached hydrogens (tertiary/aromatic N) is 2. The molecule has 1 amide bonds. The van der Waals surface area contributed by atoms with E-state index in [1.54, 1.807) is 11.3 Å². The Kier molecular flexibility index (Phi) is 5.94. The molecule has 3 heterocycles. The van der Waals surface area contributed by atoms with Crippen LogP contribution >= 0.6 is 11.3 Å². The molecule has 0 radical (unpaired) electrons. The zero-order valence-corrected chi connectivity index (χ0v) is 21.1. The van der Waals surface area contributed by atoms with E-state index in [4.69, 9.17) is 4.74 Å². The summed E-state index contributed by atoms with van der Waals surface area (Å²) < 4.78 is 7.65. The van der Waals surface area contributed by atoms with Gasteiger partial charge in [0.05, 0.1) is 17.9 Å². The highest BCUT2D eigenvalue weighted by Crippen LogP contribution is 2.41. The largest absolute Gasteiger partial charge is 0.462 e. The van der Waals surface area contributed by atoms with Gasteiger partial charge in [0, 0.05) is 33.9 Å². The molecule has 0 fully saturated rings. The molecule has 0 saturated heterocycles. The highest BCUT2D eigenvalue weighted by atomic mass is 32.1. The summed E-state index contributed by atoms with van der Waals surface area (Å²) in [5.41, 5.74) is 7.60. The lowest BCUT2D eigenvalue weighted by molar-refractivity contribution is -0.112. The van der Waals surface area contributed by atoms with Gasteiger partial charge in [-0.15, -0.1) is 11.3 Å². The second kappa shape index (κ2) is 8.91. The molecule has 5 nitrogen and oxygen atoms in total. The quantitative estimate of drug-likeness (QED) is 0.331. The van der Waals surface area contributed by atoms with Gasteiger partial charge in [0.25, 0.3) is 5.91 Å². The number of carbonyl (C=O) groups excluding carboxylic acids is 2. The molecule has 0 saturated carbocycles. The van der Waals surface area contributed by atoms with Gasteiger partial charge in [-0.2, -0.15) is 0 Å². The van der Waals surface area contributed by atoms with Crippen LogP contribution in [-0.2, 0) is 22.4 Å². The van der Waals surface area contributed by atoms with Crippen molar-refractivity contribution in [3.05, 3.63) is 68.9 Å². The zero-order valence-electron chi connectivity index (χ0n) is 20.2. The number of ether oxygens (including phenoxy) is 1. The van der Waals surface area contributed by atoms with E-state index in [0.717, 1.165) is 70.0 Å². The Morgan fingerprint density at radius 3 is 2.68 bits per heavy atom. The number of amides is 1. The summed E-state index contributed by atoms with van der Waals surface area (Å²) in [5, 5.41) is 0.943. The van der Waals surface area contributed by atoms with E-state index in [9.17, 15) is 9.59 Å². The third kappa shape index (κ3) is 3.52. The molecule has 0 spiro atoms. The average Bonchev–Trinajstić information content (AvgIpc) is 3.43. The number of rotatable bonds is 5. The molecule has 1 aliphatic heterocycles. The number of para-hydroxylation sites is 1. The van der Waals surface area contributed by atoms with Gasteiger partial charge in [0.15, 0.2) is 0 Å². The van der Waals surface area contributed by atoms with Crippen molar-refractivity contribution in [1.29, 1.82) is 0 Å². The number of aromatic nitrogens is 1. The van der Waals surface area contributed by atoms with E-state index in [2.05, 4.69) is 24.5 Å². The van der Waals surface area contributed by atoms with E-state index in [1.165, 1.54) is 4.88 Å². The number of esters is 1. The number of aryl methyl sites for hydroxylation is 2. The molecule has 0 unspecified atom stereocenters. The smallest absolute Gasteiger partial charge is 0.341 e. The summed E-state index contributed by atoms with van der Waals surface area (Å²) in [6.07, 6.45) is 6.21. The first kappa shape index (κ1) is 22.7. The monoisotopic (exact) mass is 474 g/mol. The van der Waals surface area contributed by atoms with E-state index < -0.39 is 0 Å². The highest BCUT2D eigenvalue weighted by molar-refractivity contribution is 7.15. The Morgan fingerprint density at radius 2 is 1.91 bits per heavy atom. The first-order valence-corrected chi connectivity index (χ1v) is 12.9. The number of likely N-dealkylation sites (N-methyl/N-ethyl adjacent to an activating group) is 1. The number of thiophene rings is 1. The van der Waals surface area contributed by atoms with Crippen molar-refractivity contribution >= 4 is 40.5 Å². The molecule has 3 aromatic rings. The molecule has 34 heavy (non-hydrogen) atoms. The van der Waals surface area contributed by atoms with Crippen molar-refractivity contribution in [3.63, 3.8) is 0 Å². The van der Waals surface area contributed by atoms with Crippen molar-refractivity contribution in [3.8, 4) is 5.00 Å². The predicted octanol–water partition coefficient (Wildman–Crippen LogP) is 6.12. The van der Waals surface area contributed by atoms with Crippen molar-refractivity contribution in [2.24, 2.45) is 0 Å². The number of hydrogen-bond acceptors (Lipinski definition) is 4. The van der Waals surface area contributed by atoms with Gasteiger partial charge in [-0.25, -0.2) is 4.79 Å². The standard InChI is InChI=1S/C28H30N2O3S/c1-5-29-23-13-9-7-11-20(23)22(26(29)31)16-19-15-17(3)30(18(19)4)27-25(28(32)33-6-2)21-12-8-10-14-24(21)34-27/h7,9,11,13,15-16H,5-6,8,10,12,14H2,1-4H3/b22-16+. The highest BCUT2D eigenvalue weighted by Gasteiger charge is 2.32. The van der Waals surface area contributed by atoms with Gasteiger partial charge in [0.1, 0.15) is 5.00 Å². The normalized spacial score (nSPS) is 16.2. The van der Waals surface area contributed by atoms with Crippen molar-refractivity contribution in [2.75, 3.05) is 18.1 Å². The lowest BCUT2D eigenvalue weighted by atomic mass is 9.95. The predicted molar refractivity (Wildman–Crippen MR) is 138 cm³/mol. The van der Waals surface area contributed by atoms with Crippen molar-refractivity contribution in [1.82, 2.24) is 4.57 Å². The van der Waals surface area contributed by atoms with E-state index >= 15 is 0 Å². The first-order valence-electron chi connectivity index (χ1n) is 12.1. The number of fused-ring (bicyclic) bond motifs is 2. The summed E-state index contributed by atoms with van der Waals surface area (Å²) in [6, 6.07) is 10.1. The lowest BCUT2D eigenvalue weighted by Gasteiger charge is -2.13. The molecule has 0 bridgehead atoms. The van der Waals surface area contributed by atoms with Crippen LogP contribution in [0.3, 0.4) is 0 Å². The fourth-order valence-electron chi connectivity index (χ4n) is 5.28. The summed E-state index contributed by atoms with van der Waals surface area (Å²) in [4.78, 5) is 29.4. The molecular weight excluding hydrogens is 444 g/mol. The van der Waals surface area contributed by atoms with Gasteiger partial charge in [-0.3, -0.25) is 4.79 Å². The molecule has 1 aliphatic carbocycles. The summed E-state index contributed by atoms with van der Waals surface area (Å²) in [7, 11) is 0. The molecule has 2 aromatic heterocycles. The van der Waals surface area contributed by atoms with Crippen LogP contribution in [0.2, 0.25) is 0 Å². The second-order valence-electron chi connectivity index (χ2n) is 8.90. The maximum absolute atomic E-state index is 13.2. The summed E-state index contributed by atoms with van der Waals surface area (Å²) >= 11 is 1.71. The maximum Gasteiger partial charge on any atom is 0.341 e. The fraction of sp³-hybridized carbons (Fsp3) is 0.357. The van der Waals surface area contributed by atoms with Crippen LogP contribution in [0.4, 0.5) is 5.69 Å². The topological polar surface area (TPSA) is 51.5 Å². The van der Waals surface area contributed by atoms with Crippen LogP contribution in [0.15, 0.2) is 30.3 Å². The second-order valence-corrected chi connectivity index (χ2v) is 9.98. The molecule has 0 atom stereocenters. The van der Waals surface area contributed by atoms with Crippen LogP contribution in [-0.4, -0.2) is 29.6 Å². The first-order chi connectivity index (χ1) is 16.5. The third-order valence-electron chi connectivity index (χ3n) is 6.88. The Labute approximate surface area is 204 Å². The summed E-state index contributed by atoms with van der Waals surface area (Å²) in [6.45, 7) is 8.97. The molecule has 1 aromatic carbocycles. The minimum atomic E-state index is -0.234. The molecule has 6 heteroatoms. The molecule has 5 rings (SSSR count). The van der Waals surface area contributed by atoms with Crippen LogP contribution in [0.25, 0.3) is 16.7 Å². The minimum absolute atomic E-state index is 0.0345. The van der Waals surface area contributed by atoms with Gasteiger partial charge in [0.2, 0.25) is 0 Å². The van der Waals surface area contributed by atoms with Gasteiger partial charge in [-0.05, 0) is 82.7 Å². The Morgan fingerprint density at radius 1 is 1.15 bits per heavy atom. The lowest BCUT2D eigenvalue weighted by Crippen LogP contribution is -2.25. The van der Waals surface area contributed by atoms with Crippen LogP contribution < -0.4 is 4.90 Å². The van der Waals surface area contributed by atoms with E-state index in [1.807, 2.05) is 49.1 Å². The van der Waals surface area contributed by atoms with Gasteiger partial charge in [-0.1, -0.05) is 18.2 Å². The molecule has 2 aliphatic rings. The van der Waals surface area contributed by atoms with Crippen LogP contribution in [0.5, 0.6) is 0 Å². The Bertz CT molecular complexity index is 1330. The van der Waals surface area contributed by atoms with Crippen LogP contribution in [0, 0.1) is 13.8 Å². The average molecular weight is 475 g/mol. The number of anilines is 1. The zero-order chi connectivity index (χ0) is 24.0.